The van der Waals surface area contributed by atoms with Crippen LogP contribution in [-0.2, 0) is 19.1 Å². The number of likely N-dealkylation sites (tertiary alicyclic amines) is 1. The first-order chi connectivity index (χ1) is 12.0. The molecule has 1 N–H and O–H groups in total. The van der Waals surface area contributed by atoms with Gasteiger partial charge in [-0.1, -0.05) is 30.3 Å². The highest BCUT2D eigenvalue weighted by Gasteiger charge is 2.30. The summed E-state index contributed by atoms with van der Waals surface area (Å²) in [7, 11) is 0. The Hall–Kier alpha value is -2.37. The lowest BCUT2D eigenvalue weighted by molar-refractivity contribution is -0.151. The first-order valence-corrected chi connectivity index (χ1v) is 8.77. The van der Waals surface area contributed by atoms with Gasteiger partial charge < -0.3 is 15.0 Å². The van der Waals surface area contributed by atoms with E-state index in [4.69, 9.17) is 4.74 Å². The lowest BCUT2D eigenvalue weighted by Gasteiger charge is -2.32. The molecule has 1 aromatic rings. The number of nitrogens with zero attached hydrogens (tertiary/aromatic N) is 1. The van der Waals surface area contributed by atoms with Crippen LogP contribution in [0, 0.1) is 5.92 Å². The van der Waals surface area contributed by atoms with Gasteiger partial charge in [0.05, 0.1) is 25.0 Å². The summed E-state index contributed by atoms with van der Waals surface area (Å²) >= 11 is 0. The number of benzene rings is 1. The van der Waals surface area contributed by atoms with E-state index in [9.17, 15) is 14.4 Å². The van der Waals surface area contributed by atoms with Crippen molar-refractivity contribution in [2.75, 3.05) is 19.7 Å². The minimum atomic E-state index is -0.367. The molecule has 0 aromatic heterocycles. The van der Waals surface area contributed by atoms with E-state index >= 15 is 0 Å². The van der Waals surface area contributed by atoms with Crippen LogP contribution in [0.2, 0.25) is 0 Å². The van der Waals surface area contributed by atoms with E-state index < -0.39 is 0 Å². The van der Waals surface area contributed by atoms with Gasteiger partial charge in [-0.2, -0.15) is 0 Å². The molecule has 2 amide bonds. The summed E-state index contributed by atoms with van der Waals surface area (Å²) in [5.41, 5.74) is 0.894. The Balaban J connectivity index is 2.02. The average Bonchev–Trinajstić information content (AvgIpc) is 2.62. The quantitative estimate of drug-likeness (QED) is 0.800. The third-order valence-electron chi connectivity index (χ3n) is 4.35. The monoisotopic (exact) mass is 346 g/mol. The van der Waals surface area contributed by atoms with Crippen LogP contribution >= 0.6 is 0 Å². The van der Waals surface area contributed by atoms with E-state index in [-0.39, 0.29) is 36.2 Å². The molecule has 0 spiro atoms. The molecule has 1 heterocycles. The molecular weight excluding hydrogens is 320 g/mol. The smallest absolute Gasteiger partial charge is 0.310 e. The lowest BCUT2D eigenvalue weighted by atomic mass is 9.96. The van der Waals surface area contributed by atoms with Crippen LogP contribution in [0.5, 0.6) is 0 Å². The molecule has 1 aliphatic heterocycles. The van der Waals surface area contributed by atoms with Crippen LogP contribution in [-0.4, -0.2) is 42.4 Å². The van der Waals surface area contributed by atoms with Crippen molar-refractivity contribution in [3.8, 4) is 0 Å². The lowest BCUT2D eigenvalue weighted by Crippen LogP contribution is -2.44. The van der Waals surface area contributed by atoms with Gasteiger partial charge in [0, 0.05) is 20.0 Å². The fourth-order valence-electron chi connectivity index (χ4n) is 3.14. The standard InChI is InChI=1S/C19H26N2O4/c1-3-25-19(24)16-10-7-11-21(13-16)18(23)12-17(20-14(2)22)15-8-5-4-6-9-15/h4-6,8-9,16-17H,3,7,10-13H2,1-2H3,(H,20,22)/t16-,17+/m0/s1. The molecule has 0 radical (unpaired) electrons. The van der Waals surface area contributed by atoms with Crippen LogP contribution in [0.4, 0.5) is 0 Å². The molecule has 1 aliphatic rings. The molecule has 2 atom stereocenters. The Bertz CT molecular complexity index is 603. The third kappa shape index (κ3) is 5.59. The van der Waals surface area contributed by atoms with Gasteiger partial charge in [0.25, 0.3) is 0 Å². The van der Waals surface area contributed by atoms with Gasteiger partial charge in [0.2, 0.25) is 11.8 Å². The van der Waals surface area contributed by atoms with E-state index in [0.29, 0.717) is 19.7 Å². The fraction of sp³-hybridized carbons (Fsp3) is 0.526. The largest absolute Gasteiger partial charge is 0.466 e. The van der Waals surface area contributed by atoms with Crippen molar-refractivity contribution in [2.45, 2.75) is 39.2 Å². The summed E-state index contributed by atoms with van der Waals surface area (Å²) in [6, 6.07) is 9.08. The number of piperidine rings is 1. The number of carbonyl (C=O) groups excluding carboxylic acids is 3. The van der Waals surface area contributed by atoms with Gasteiger partial charge in [-0.3, -0.25) is 14.4 Å². The second kappa shape index (κ2) is 9.20. The van der Waals surface area contributed by atoms with Crippen LogP contribution in [0.1, 0.15) is 44.7 Å². The summed E-state index contributed by atoms with van der Waals surface area (Å²) in [5.74, 6) is -0.726. The Morgan fingerprint density at radius 3 is 2.64 bits per heavy atom. The molecule has 6 heteroatoms. The number of ether oxygens (including phenoxy) is 1. The zero-order chi connectivity index (χ0) is 18.2. The van der Waals surface area contributed by atoms with Gasteiger partial charge in [-0.25, -0.2) is 0 Å². The van der Waals surface area contributed by atoms with Crippen molar-refractivity contribution in [1.82, 2.24) is 10.2 Å². The van der Waals surface area contributed by atoms with E-state index in [2.05, 4.69) is 5.32 Å². The van der Waals surface area contributed by atoms with E-state index in [1.165, 1.54) is 6.92 Å². The fourth-order valence-corrected chi connectivity index (χ4v) is 3.14. The van der Waals surface area contributed by atoms with E-state index in [1.807, 2.05) is 30.3 Å². The molecule has 25 heavy (non-hydrogen) atoms. The SMILES string of the molecule is CCOC(=O)[C@H]1CCCN(C(=O)C[C@@H](NC(C)=O)c2ccccc2)C1. The molecule has 0 saturated carbocycles. The maximum Gasteiger partial charge on any atom is 0.310 e. The van der Waals surface area contributed by atoms with Crippen molar-refractivity contribution in [3.63, 3.8) is 0 Å². The number of rotatable bonds is 6. The van der Waals surface area contributed by atoms with Gasteiger partial charge in [-0.15, -0.1) is 0 Å². The van der Waals surface area contributed by atoms with Gasteiger partial charge in [-0.05, 0) is 25.3 Å². The molecule has 2 rings (SSSR count). The zero-order valence-corrected chi connectivity index (χ0v) is 14.9. The van der Waals surface area contributed by atoms with Crippen molar-refractivity contribution >= 4 is 17.8 Å². The van der Waals surface area contributed by atoms with Crippen molar-refractivity contribution in [2.24, 2.45) is 5.92 Å². The molecule has 1 saturated heterocycles. The maximum absolute atomic E-state index is 12.7. The van der Waals surface area contributed by atoms with Gasteiger partial charge >= 0.3 is 5.97 Å². The number of nitrogens with one attached hydrogen (secondary N) is 1. The highest BCUT2D eigenvalue weighted by Crippen LogP contribution is 2.22. The van der Waals surface area contributed by atoms with E-state index in [0.717, 1.165) is 18.4 Å². The molecule has 0 unspecified atom stereocenters. The summed E-state index contributed by atoms with van der Waals surface area (Å²) in [5, 5.41) is 2.84. The predicted molar refractivity (Wildman–Crippen MR) is 93.6 cm³/mol. The molecule has 6 nitrogen and oxygen atoms in total. The topological polar surface area (TPSA) is 75.7 Å². The zero-order valence-electron chi connectivity index (χ0n) is 14.9. The molecule has 0 bridgehead atoms. The third-order valence-corrected chi connectivity index (χ3v) is 4.35. The van der Waals surface area contributed by atoms with Gasteiger partial charge in [0.1, 0.15) is 0 Å². The summed E-state index contributed by atoms with van der Waals surface area (Å²) < 4.78 is 5.08. The molecule has 136 valence electrons. The average molecular weight is 346 g/mol. The highest BCUT2D eigenvalue weighted by atomic mass is 16.5. The van der Waals surface area contributed by atoms with E-state index in [1.54, 1.807) is 11.8 Å². The van der Waals surface area contributed by atoms with Gasteiger partial charge in [0.15, 0.2) is 0 Å². The second-order valence-corrected chi connectivity index (χ2v) is 6.30. The van der Waals surface area contributed by atoms with Crippen molar-refractivity contribution in [1.29, 1.82) is 0 Å². The predicted octanol–water partition coefficient (Wildman–Crippen LogP) is 2.06. The second-order valence-electron chi connectivity index (χ2n) is 6.30. The molecule has 0 aliphatic carbocycles. The Morgan fingerprint density at radius 1 is 1.28 bits per heavy atom. The first-order valence-electron chi connectivity index (χ1n) is 8.77. The number of hydrogen-bond acceptors (Lipinski definition) is 4. The highest BCUT2D eigenvalue weighted by molar-refractivity contribution is 5.80. The summed E-state index contributed by atoms with van der Waals surface area (Å²) in [4.78, 5) is 37.9. The van der Waals surface area contributed by atoms with Crippen LogP contribution in [0.3, 0.4) is 0 Å². The minimum absolute atomic E-state index is 0.0587. The Kier molecular flexibility index (Phi) is 6.98. The van der Waals surface area contributed by atoms with Crippen molar-refractivity contribution < 1.29 is 19.1 Å². The number of carbonyl (C=O) groups is 3. The van der Waals surface area contributed by atoms with Crippen LogP contribution in [0.25, 0.3) is 0 Å². The minimum Gasteiger partial charge on any atom is -0.466 e. The van der Waals surface area contributed by atoms with Crippen LogP contribution in [0.15, 0.2) is 30.3 Å². The Morgan fingerprint density at radius 2 is 2.00 bits per heavy atom. The number of amides is 2. The summed E-state index contributed by atoms with van der Waals surface area (Å²) in [6.45, 7) is 4.59. The number of hydrogen-bond donors (Lipinski definition) is 1. The maximum atomic E-state index is 12.7. The Labute approximate surface area is 148 Å². The van der Waals surface area contributed by atoms with Crippen molar-refractivity contribution in [3.05, 3.63) is 35.9 Å². The molecule has 1 aromatic carbocycles. The summed E-state index contributed by atoms with van der Waals surface area (Å²) in [6.07, 6.45) is 1.71. The van der Waals surface area contributed by atoms with Crippen LogP contribution < -0.4 is 5.32 Å². The molecular formula is C19H26N2O4. The first kappa shape index (κ1) is 19.0. The number of esters is 1. The normalized spacial score (nSPS) is 18.3. The molecule has 1 fully saturated rings.